The second-order valence-electron chi connectivity index (χ2n) is 8.07. The van der Waals surface area contributed by atoms with Crippen LogP contribution in [0.2, 0.25) is 0 Å². The maximum atomic E-state index is 13.7. The molecule has 0 aromatic heterocycles. The summed E-state index contributed by atoms with van der Waals surface area (Å²) in [5.41, 5.74) is 4.98. The average molecular weight is 421 g/mol. The quantitative estimate of drug-likeness (QED) is 0.441. The first-order valence-corrected chi connectivity index (χ1v) is 10.2. The molecule has 0 unspecified atom stereocenters. The minimum atomic E-state index is -4.42. The summed E-state index contributed by atoms with van der Waals surface area (Å²) in [7, 11) is 1.47. The molecule has 0 aliphatic carbocycles. The molecule has 1 heterocycles. The number of hydrogen-bond donors (Lipinski definition) is 0. The van der Waals surface area contributed by atoms with Crippen molar-refractivity contribution in [3.8, 4) is 0 Å². The van der Waals surface area contributed by atoms with E-state index in [9.17, 15) is 18.0 Å². The van der Waals surface area contributed by atoms with Crippen LogP contribution in [0.3, 0.4) is 0 Å². The number of carbonyl (C=O) groups excluding carboxylic acids is 1. The Bertz CT molecular complexity index is 786. The third-order valence-electron chi connectivity index (χ3n) is 5.86. The fourth-order valence-electron chi connectivity index (χ4n) is 3.91. The van der Waals surface area contributed by atoms with Crippen LogP contribution >= 0.6 is 0 Å². The maximum absolute atomic E-state index is 13.7. The number of allylic oxidation sites excluding steroid dienone is 1. The zero-order valence-electron chi connectivity index (χ0n) is 18.0. The van der Waals surface area contributed by atoms with Gasteiger partial charge in [0.15, 0.2) is 0 Å². The standard InChI is InChI=1S/C24H31F3N2O/c1-6-18(4)22(7-2)29-14-12-20(13-15-29)23(30)28(5)16-21(24(25,26)27)19-10-8-17(3)9-11-19/h6,8-11,18,20-21H,1-2,12-16H2,3-5H3/t18-,21+/m1/s1. The van der Waals surface area contributed by atoms with Crippen molar-refractivity contribution in [3.05, 3.63) is 66.1 Å². The molecule has 1 aliphatic heterocycles. The lowest BCUT2D eigenvalue weighted by Gasteiger charge is -2.37. The van der Waals surface area contributed by atoms with Crippen LogP contribution in [0.25, 0.3) is 0 Å². The molecule has 1 amide bonds. The van der Waals surface area contributed by atoms with E-state index >= 15 is 0 Å². The molecular formula is C24H31F3N2O. The molecule has 0 N–H and O–H groups in total. The molecule has 0 radical (unpaired) electrons. The Morgan fingerprint density at radius 2 is 1.87 bits per heavy atom. The summed E-state index contributed by atoms with van der Waals surface area (Å²) >= 11 is 0. The van der Waals surface area contributed by atoms with E-state index in [1.54, 1.807) is 12.1 Å². The molecule has 0 spiro atoms. The highest BCUT2D eigenvalue weighted by atomic mass is 19.4. The average Bonchev–Trinajstić information content (AvgIpc) is 2.72. The topological polar surface area (TPSA) is 23.6 Å². The number of aryl methyl sites for hydroxylation is 1. The van der Waals surface area contributed by atoms with Crippen LogP contribution in [-0.4, -0.2) is 48.6 Å². The van der Waals surface area contributed by atoms with E-state index in [0.717, 1.165) is 11.3 Å². The number of carbonyl (C=O) groups is 1. The predicted molar refractivity (Wildman–Crippen MR) is 114 cm³/mol. The summed E-state index contributed by atoms with van der Waals surface area (Å²) in [5.74, 6) is -2.09. The van der Waals surface area contributed by atoms with E-state index in [1.807, 2.05) is 19.9 Å². The van der Waals surface area contributed by atoms with Crippen molar-refractivity contribution in [3.63, 3.8) is 0 Å². The monoisotopic (exact) mass is 420 g/mol. The third-order valence-corrected chi connectivity index (χ3v) is 5.86. The van der Waals surface area contributed by atoms with Crippen LogP contribution in [0, 0.1) is 18.8 Å². The van der Waals surface area contributed by atoms with Crippen molar-refractivity contribution in [1.82, 2.24) is 9.80 Å². The van der Waals surface area contributed by atoms with E-state index in [4.69, 9.17) is 0 Å². The number of likely N-dealkylation sites (N-methyl/N-ethyl adjacent to an activating group) is 1. The van der Waals surface area contributed by atoms with E-state index in [2.05, 4.69) is 23.8 Å². The summed E-state index contributed by atoms with van der Waals surface area (Å²) in [4.78, 5) is 16.2. The number of amides is 1. The molecule has 3 nitrogen and oxygen atoms in total. The highest BCUT2D eigenvalue weighted by molar-refractivity contribution is 5.78. The van der Waals surface area contributed by atoms with E-state index in [0.29, 0.717) is 25.9 Å². The number of rotatable bonds is 7. The maximum Gasteiger partial charge on any atom is 0.397 e. The zero-order chi connectivity index (χ0) is 22.5. The fraction of sp³-hybridized carbons (Fsp3) is 0.500. The summed E-state index contributed by atoms with van der Waals surface area (Å²) < 4.78 is 41.1. The molecule has 164 valence electrons. The zero-order valence-corrected chi connectivity index (χ0v) is 18.0. The van der Waals surface area contributed by atoms with Gasteiger partial charge in [0.05, 0.1) is 11.6 Å². The molecule has 2 atom stereocenters. The Labute approximate surface area is 177 Å². The Balaban J connectivity index is 2.03. The lowest BCUT2D eigenvalue weighted by atomic mass is 9.92. The van der Waals surface area contributed by atoms with Crippen LogP contribution in [0.15, 0.2) is 54.9 Å². The second-order valence-corrected chi connectivity index (χ2v) is 8.07. The minimum absolute atomic E-state index is 0.111. The van der Waals surface area contributed by atoms with Crippen LogP contribution in [-0.2, 0) is 4.79 Å². The van der Waals surface area contributed by atoms with Gasteiger partial charge >= 0.3 is 6.18 Å². The number of piperidine rings is 1. The summed E-state index contributed by atoms with van der Waals surface area (Å²) in [6.45, 7) is 12.3. The van der Waals surface area contributed by atoms with Crippen LogP contribution in [0.4, 0.5) is 13.2 Å². The van der Waals surface area contributed by atoms with E-state index in [1.165, 1.54) is 24.1 Å². The molecule has 2 rings (SSSR count). The molecule has 0 bridgehead atoms. The van der Waals surface area contributed by atoms with Gasteiger partial charge in [-0.1, -0.05) is 49.4 Å². The normalized spacial score (nSPS) is 17.1. The van der Waals surface area contributed by atoms with Crippen molar-refractivity contribution >= 4 is 5.91 Å². The number of alkyl halides is 3. The first kappa shape index (κ1) is 23.8. The van der Waals surface area contributed by atoms with Crippen molar-refractivity contribution in [1.29, 1.82) is 0 Å². The van der Waals surface area contributed by atoms with Gasteiger partial charge in [0.2, 0.25) is 5.91 Å². The summed E-state index contributed by atoms with van der Waals surface area (Å²) in [5, 5.41) is 0. The van der Waals surface area contributed by atoms with Crippen molar-refractivity contribution in [2.75, 3.05) is 26.7 Å². The number of hydrogen-bond acceptors (Lipinski definition) is 2. The highest BCUT2D eigenvalue weighted by Gasteiger charge is 2.42. The third kappa shape index (κ3) is 5.79. The summed E-state index contributed by atoms with van der Waals surface area (Å²) in [6, 6.07) is 6.32. The lowest BCUT2D eigenvalue weighted by molar-refractivity contribution is -0.158. The summed E-state index contributed by atoms with van der Waals surface area (Å²) in [6.07, 6.45) is -1.41. The van der Waals surface area contributed by atoms with Gasteiger partial charge in [0, 0.05) is 38.5 Å². The number of likely N-dealkylation sites (tertiary alicyclic amines) is 1. The molecule has 1 aromatic rings. The van der Waals surface area contributed by atoms with Crippen molar-refractivity contribution < 1.29 is 18.0 Å². The number of benzene rings is 1. The van der Waals surface area contributed by atoms with Crippen molar-refractivity contribution in [2.24, 2.45) is 11.8 Å². The van der Waals surface area contributed by atoms with Crippen LogP contribution in [0.1, 0.15) is 36.8 Å². The molecule has 6 heteroatoms. The highest BCUT2D eigenvalue weighted by Crippen LogP contribution is 2.36. The van der Waals surface area contributed by atoms with Gasteiger partial charge in [-0.05, 0) is 25.3 Å². The van der Waals surface area contributed by atoms with E-state index in [-0.39, 0.29) is 29.9 Å². The molecule has 0 saturated carbocycles. The SMILES string of the molecule is C=C=C([C@H](C)C=C)N1CCC(C(=O)N(C)C[C@@H](c2ccc(C)cc2)C(F)(F)F)CC1. The minimum Gasteiger partial charge on any atom is -0.368 e. The molecule has 1 saturated heterocycles. The molecule has 1 aliphatic rings. The largest absolute Gasteiger partial charge is 0.397 e. The smallest absolute Gasteiger partial charge is 0.368 e. The molecule has 1 fully saturated rings. The van der Waals surface area contributed by atoms with E-state index < -0.39 is 12.1 Å². The van der Waals surface area contributed by atoms with Gasteiger partial charge in [-0.3, -0.25) is 4.79 Å². The molecular weight excluding hydrogens is 389 g/mol. The van der Waals surface area contributed by atoms with Gasteiger partial charge in [0.1, 0.15) is 0 Å². The first-order valence-electron chi connectivity index (χ1n) is 10.2. The first-order chi connectivity index (χ1) is 14.1. The van der Waals surface area contributed by atoms with Crippen LogP contribution in [0.5, 0.6) is 0 Å². The van der Waals surface area contributed by atoms with Gasteiger partial charge < -0.3 is 9.80 Å². The second kappa shape index (κ2) is 10.0. The molecule has 30 heavy (non-hydrogen) atoms. The van der Waals surface area contributed by atoms with Crippen LogP contribution < -0.4 is 0 Å². The predicted octanol–water partition coefficient (Wildman–Crippen LogP) is 5.30. The Morgan fingerprint density at radius 1 is 1.30 bits per heavy atom. The van der Waals surface area contributed by atoms with Gasteiger partial charge in [-0.15, -0.1) is 12.3 Å². The number of halogens is 3. The van der Waals surface area contributed by atoms with Crippen molar-refractivity contribution in [2.45, 2.75) is 38.8 Å². The van der Waals surface area contributed by atoms with Gasteiger partial charge in [-0.2, -0.15) is 13.2 Å². The Hall–Kier alpha value is -2.46. The lowest BCUT2D eigenvalue weighted by Crippen LogP contribution is -2.43. The van der Waals surface area contributed by atoms with Gasteiger partial charge in [0.25, 0.3) is 0 Å². The Morgan fingerprint density at radius 3 is 2.33 bits per heavy atom. The fourth-order valence-corrected chi connectivity index (χ4v) is 3.91. The Kier molecular flexibility index (Phi) is 7.96. The molecule has 1 aromatic carbocycles. The number of nitrogens with zero attached hydrogens (tertiary/aromatic N) is 2. The van der Waals surface area contributed by atoms with Gasteiger partial charge in [-0.25, -0.2) is 0 Å².